The largest absolute Gasteiger partial charge is 0.493 e. The Hall–Kier alpha value is -2.68. The Morgan fingerprint density at radius 1 is 0.935 bits per heavy atom. The van der Waals surface area contributed by atoms with Crippen molar-refractivity contribution in [1.82, 2.24) is 4.90 Å². The van der Waals surface area contributed by atoms with Crippen LogP contribution in [0.5, 0.6) is 28.7 Å². The van der Waals surface area contributed by atoms with Gasteiger partial charge < -0.3 is 33.9 Å². The van der Waals surface area contributed by atoms with Crippen LogP contribution >= 0.6 is 0 Å². The fourth-order valence-corrected chi connectivity index (χ4v) is 5.61. The number of aliphatic hydroxyl groups is 2. The molecule has 2 heterocycles. The number of rotatable bonds is 3. The number of likely N-dealkylation sites (N-methyl/N-ethyl adjacent to an activating group) is 1. The monoisotopic (exact) mass is 429 g/mol. The van der Waals surface area contributed by atoms with Gasteiger partial charge >= 0.3 is 0 Å². The molecule has 0 fully saturated rings. The molecule has 0 bridgehead atoms. The van der Waals surface area contributed by atoms with Crippen molar-refractivity contribution in [2.24, 2.45) is 0 Å². The third-order valence-corrected chi connectivity index (χ3v) is 7.04. The van der Waals surface area contributed by atoms with Crippen LogP contribution in [-0.4, -0.2) is 56.4 Å². The molecule has 1 unspecified atom stereocenters. The van der Waals surface area contributed by atoms with Crippen molar-refractivity contribution in [1.29, 1.82) is 0 Å². The second-order valence-corrected chi connectivity index (χ2v) is 8.50. The Kier molecular flexibility index (Phi) is 4.51. The standard InChI is InChI=1S/C23H27NO7/c1-23-14-8-17(29-5)20-19(30-10-31-20)13(14)9-24(2)21(23)12-7-16(28-4)15(27-3)6-11(12)18(25)22(23)26/h6-8,18,21-22,25-26H,9-10H2,1-5H3/t18-,21?,22+,23-/m0/s1. The van der Waals surface area contributed by atoms with Crippen molar-refractivity contribution < 1.29 is 33.9 Å². The molecule has 0 saturated carbocycles. The van der Waals surface area contributed by atoms with Gasteiger partial charge in [-0.05, 0) is 41.9 Å². The highest BCUT2D eigenvalue weighted by Gasteiger charge is 2.56. The fraction of sp³-hybridized carbons (Fsp3) is 0.478. The third kappa shape index (κ3) is 2.52. The van der Waals surface area contributed by atoms with E-state index >= 15 is 0 Å². The Balaban J connectivity index is 1.78. The normalized spacial score (nSPS) is 28.4. The average molecular weight is 429 g/mol. The van der Waals surface area contributed by atoms with Gasteiger partial charge in [0.05, 0.1) is 27.4 Å². The number of benzene rings is 2. The summed E-state index contributed by atoms with van der Waals surface area (Å²) in [6, 6.07) is 5.34. The van der Waals surface area contributed by atoms with E-state index < -0.39 is 17.6 Å². The van der Waals surface area contributed by atoms with Gasteiger partial charge in [-0.15, -0.1) is 0 Å². The summed E-state index contributed by atoms with van der Waals surface area (Å²) in [7, 11) is 6.72. The maximum Gasteiger partial charge on any atom is 0.231 e. The summed E-state index contributed by atoms with van der Waals surface area (Å²) in [6.07, 6.45) is -2.18. The first kappa shape index (κ1) is 20.2. The molecule has 0 saturated heterocycles. The zero-order chi connectivity index (χ0) is 22.1. The quantitative estimate of drug-likeness (QED) is 0.768. The van der Waals surface area contributed by atoms with Gasteiger partial charge in [0.1, 0.15) is 6.10 Å². The zero-order valence-corrected chi connectivity index (χ0v) is 18.3. The van der Waals surface area contributed by atoms with Crippen LogP contribution in [0.4, 0.5) is 0 Å². The van der Waals surface area contributed by atoms with Crippen LogP contribution in [0, 0.1) is 0 Å². The number of hydrogen-bond acceptors (Lipinski definition) is 8. The number of ether oxygens (including phenoxy) is 5. The zero-order valence-electron chi connectivity index (χ0n) is 18.3. The molecule has 4 atom stereocenters. The summed E-state index contributed by atoms with van der Waals surface area (Å²) >= 11 is 0. The summed E-state index contributed by atoms with van der Waals surface area (Å²) in [4.78, 5) is 2.16. The minimum atomic E-state index is -1.10. The van der Waals surface area contributed by atoms with Gasteiger partial charge in [-0.2, -0.15) is 0 Å². The lowest BCUT2D eigenvalue weighted by Gasteiger charge is -2.55. The maximum absolute atomic E-state index is 11.5. The van der Waals surface area contributed by atoms with Gasteiger partial charge in [-0.3, -0.25) is 4.90 Å². The van der Waals surface area contributed by atoms with Crippen LogP contribution in [0.3, 0.4) is 0 Å². The molecule has 2 aliphatic heterocycles. The summed E-state index contributed by atoms with van der Waals surface area (Å²) in [5.74, 6) is 2.86. The molecule has 0 amide bonds. The average Bonchev–Trinajstić information content (AvgIpc) is 3.27. The van der Waals surface area contributed by atoms with E-state index in [-0.39, 0.29) is 12.8 Å². The van der Waals surface area contributed by atoms with Crippen LogP contribution < -0.4 is 23.7 Å². The maximum atomic E-state index is 11.5. The lowest BCUT2D eigenvalue weighted by Crippen LogP contribution is -2.56. The van der Waals surface area contributed by atoms with Gasteiger partial charge in [0.2, 0.25) is 12.5 Å². The number of hydrogen-bond donors (Lipinski definition) is 2. The van der Waals surface area contributed by atoms with Crippen LogP contribution in [-0.2, 0) is 12.0 Å². The van der Waals surface area contributed by atoms with E-state index in [0.29, 0.717) is 40.9 Å². The van der Waals surface area contributed by atoms with Crippen molar-refractivity contribution in [3.63, 3.8) is 0 Å². The molecule has 8 heteroatoms. The van der Waals surface area contributed by atoms with Crippen molar-refractivity contribution in [3.8, 4) is 28.7 Å². The second kappa shape index (κ2) is 6.91. The Bertz CT molecular complexity index is 1050. The predicted octanol–water partition coefficient (Wildman–Crippen LogP) is 2.29. The van der Waals surface area contributed by atoms with E-state index in [1.165, 1.54) is 0 Å². The van der Waals surface area contributed by atoms with Gasteiger partial charge in [-0.25, -0.2) is 0 Å². The minimum absolute atomic E-state index is 0.122. The van der Waals surface area contributed by atoms with Crippen LogP contribution in [0.15, 0.2) is 18.2 Å². The molecule has 0 spiro atoms. The van der Waals surface area contributed by atoms with Gasteiger partial charge in [0.15, 0.2) is 23.0 Å². The number of methoxy groups -OCH3 is 3. The van der Waals surface area contributed by atoms with Crippen molar-refractivity contribution >= 4 is 0 Å². The number of fused-ring (bicyclic) bond motifs is 7. The van der Waals surface area contributed by atoms with E-state index in [1.54, 1.807) is 27.4 Å². The molecule has 5 rings (SSSR count). The first-order valence-electron chi connectivity index (χ1n) is 10.2. The van der Waals surface area contributed by atoms with E-state index in [4.69, 9.17) is 23.7 Å². The molecule has 0 radical (unpaired) electrons. The highest BCUT2D eigenvalue weighted by molar-refractivity contribution is 5.65. The van der Waals surface area contributed by atoms with Gasteiger partial charge in [-0.1, -0.05) is 6.92 Å². The Morgan fingerprint density at radius 2 is 1.55 bits per heavy atom. The van der Waals surface area contributed by atoms with Gasteiger partial charge in [0, 0.05) is 23.6 Å². The summed E-state index contributed by atoms with van der Waals surface area (Å²) < 4.78 is 28.0. The highest BCUT2D eigenvalue weighted by atomic mass is 16.7. The fourth-order valence-electron chi connectivity index (χ4n) is 5.61. The SMILES string of the molecule is COc1cc2c(cc1OC)[C@H](O)[C@@H](O)[C@@]1(C)c3cc(OC)c4c(c3CN(C)C21)OCO4. The molecule has 31 heavy (non-hydrogen) atoms. The van der Waals surface area contributed by atoms with Crippen LogP contribution in [0.1, 0.15) is 41.3 Å². The summed E-state index contributed by atoms with van der Waals surface area (Å²) in [5.41, 5.74) is 2.49. The van der Waals surface area contributed by atoms with Gasteiger partial charge in [0.25, 0.3) is 0 Å². The lowest BCUT2D eigenvalue weighted by atomic mass is 9.59. The summed E-state index contributed by atoms with van der Waals surface area (Å²) in [6.45, 7) is 2.68. The highest BCUT2D eigenvalue weighted by Crippen LogP contribution is 2.60. The van der Waals surface area contributed by atoms with Crippen molar-refractivity contribution in [2.45, 2.75) is 37.1 Å². The van der Waals surface area contributed by atoms with E-state index in [1.807, 2.05) is 26.1 Å². The third-order valence-electron chi connectivity index (χ3n) is 7.04. The molecule has 2 N–H and O–H groups in total. The number of aliphatic hydroxyl groups excluding tert-OH is 2. The minimum Gasteiger partial charge on any atom is -0.493 e. The molecule has 2 aromatic rings. The molecule has 166 valence electrons. The predicted molar refractivity (Wildman–Crippen MR) is 111 cm³/mol. The number of nitrogens with zero attached hydrogens (tertiary/aromatic N) is 1. The van der Waals surface area contributed by atoms with E-state index in [2.05, 4.69) is 4.90 Å². The molecule has 3 aliphatic rings. The van der Waals surface area contributed by atoms with Crippen LogP contribution in [0.25, 0.3) is 0 Å². The molecule has 2 aromatic carbocycles. The first-order valence-corrected chi connectivity index (χ1v) is 10.2. The Labute approximate surface area is 180 Å². The lowest BCUT2D eigenvalue weighted by molar-refractivity contribution is -0.0786. The molecular formula is C23H27NO7. The van der Waals surface area contributed by atoms with Crippen LogP contribution in [0.2, 0.25) is 0 Å². The topological polar surface area (TPSA) is 89.9 Å². The van der Waals surface area contributed by atoms with E-state index in [9.17, 15) is 10.2 Å². The summed E-state index contributed by atoms with van der Waals surface area (Å²) in [5, 5.41) is 22.7. The smallest absolute Gasteiger partial charge is 0.231 e. The van der Waals surface area contributed by atoms with Crippen molar-refractivity contribution in [2.75, 3.05) is 35.2 Å². The molecule has 1 aliphatic carbocycles. The second-order valence-electron chi connectivity index (χ2n) is 8.50. The molecule has 8 nitrogen and oxygen atoms in total. The Morgan fingerprint density at radius 3 is 2.19 bits per heavy atom. The molecular weight excluding hydrogens is 402 g/mol. The first-order chi connectivity index (χ1) is 14.9. The van der Waals surface area contributed by atoms with Crippen molar-refractivity contribution in [3.05, 3.63) is 40.5 Å². The van der Waals surface area contributed by atoms with E-state index in [0.717, 1.165) is 16.7 Å². The molecule has 0 aromatic heterocycles.